The van der Waals surface area contributed by atoms with Crippen molar-refractivity contribution in [1.82, 2.24) is 0 Å². The molecule has 0 aromatic heterocycles. The molecule has 1 spiro atoms. The Morgan fingerprint density at radius 3 is 2.32 bits per heavy atom. The lowest BCUT2D eigenvalue weighted by molar-refractivity contribution is -0.330. The fourth-order valence-electron chi connectivity index (χ4n) is 5.53. The Balaban J connectivity index is 1.72. The second-order valence-electron chi connectivity index (χ2n) is 8.23. The lowest BCUT2D eigenvalue weighted by atomic mass is 9.51. The topological polar surface area (TPSA) is 132 Å². The number of benzene rings is 1. The van der Waals surface area contributed by atoms with Crippen molar-refractivity contribution in [3.8, 4) is 18.2 Å². The van der Waals surface area contributed by atoms with Gasteiger partial charge >= 0.3 is 0 Å². The Bertz CT molecular complexity index is 1100. The van der Waals surface area contributed by atoms with E-state index < -0.39 is 40.3 Å². The normalized spacial score (nSPS) is 36.7. The van der Waals surface area contributed by atoms with Crippen LogP contribution in [0.1, 0.15) is 30.9 Å². The van der Waals surface area contributed by atoms with Gasteiger partial charge in [0.25, 0.3) is 0 Å². The van der Waals surface area contributed by atoms with E-state index in [9.17, 15) is 15.8 Å². The van der Waals surface area contributed by atoms with Crippen molar-refractivity contribution in [3.63, 3.8) is 0 Å². The molecule has 8 nitrogen and oxygen atoms in total. The number of nitrogens with zero attached hydrogens (tertiary/aromatic N) is 3. The minimum Gasteiger partial charge on any atom is -0.447 e. The third-order valence-corrected chi connectivity index (χ3v) is 7.72. The third kappa shape index (κ3) is 2.36. The summed E-state index contributed by atoms with van der Waals surface area (Å²) < 4.78 is 24.0. The molecule has 1 saturated carbocycles. The molecule has 2 bridgehead atoms. The van der Waals surface area contributed by atoms with Gasteiger partial charge in [-0.25, -0.2) is 0 Å². The van der Waals surface area contributed by atoms with Crippen LogP contribution in [0.5, 0.6) is 0 Å². The predicted molar refractivity (Wildman–Crippen MR) is 106 cm³/mol. The van der Waals surface area contributed by atoms with Crippen LogP contribution in [-0.2, 0) is 18.9 Å². The van der Waals surface area contributed by atoms with Crippen LogP contribution in [0.3, 0.4) is 0 Å². The fourth-order valence-corrected chi connectivity index (χ4v) is 5.83. The quantitative estimate of drug-likeness (QED) is 0.675. The van der Waals surface area contributed by atoms with Crippen molar-refractivity contribution >= 4 is 29.1 Å². The van der Waals surface area contributed by atoms with Gasteiger partial charge in [0, 0.05) is 19.3 Å². The summed E-state index contributed by atoms with van der Waals surface area (Å²) in [5.41, 5.74) is -3.55. The molecule has 5 rings (SSSR count). The highest BCUT2D eigenvalue weighted by atomic mass is 35.5. The Labute approximate surface area is 188 Å². The highest BCUT2D eigenvalue weighted by Crippen LogP contribution is 2.70. The molecule has 10 heteroatoms. The summed E-state index contributed by atoms with van der Waals surface area (Å²) in [7, 11) is 0. The first kappa shape index (κ1) is 20.5. The van der Waals surface area contributed by atoms with Crippen LogP contribution in [0.15, 0.2) is 18.2 Å². The van der Waals surface area contributed by atoms with Gasteiger partial charge in [-0.2, -0.15) is 15.8 Å². The lowest BCUT2D eigenvalue weighted by Crippen LogP contribution is -2.63. The first-order valence-corrected chi connectivity index (χ1v) is 10.5. The summed E-state index contributed by atoms with van der Waals surface area (Å²) in [6.07, 6.45) is -0.315. The van der Waals surface area contributed by atoms with E-state index in [1.807, 2.05) is 12.1 Å². The van der Waals surface area contributed by atoms with Gasteiger partial charge in [-0.15, -0.1) is 0 Å². The molecule has 1 aromatic carbocycles. The lowest BCUT2D eigenvalue weighted by Gasteiger charge is -2.54. The molecule has 1 aliphatic carbocycles. The Morgan fingerprint density at radius 2 is 1.71 bits per heavy atom. The van der Waals surface area contributed by atoms with Gasteiger partial charge in [0.2, 0.25) is 17.1 Å². The first-order valence-electron chi connectivity index (χ1n) is 9.74. The molecule has 1 aromatic rings. The molecule has 0 radical (unpaired) electrons. The minimum atomic E-state index is -2.07. The van der Waals surface area contributed by atoms with E-state index in [1.165, 1.54) is 12.1 Å². The van der Waals surface area contributed by atoms with E-state index in [2.05, 4.69) is 6.07 Å². The number of rotatable bonds is 1. The molecule has 3 saturated heterocycles. The van der Waals surface area contributed by atoms with Gasteiger partial charge in [0.15, 0.2) is 11.2 Å². The van der Waals surface area contributed by atoms with Gasteiger partial charge < -0.3 is 18.9 Å². The monoisotopic (exact) mass is 458 g/mol. The van der Waals surface area contributed by atoms with Gasteiger partial charge in [-0.1, -0.05) is 29.3 Å². The standard InChI is InChI=1S/C21H16Cl2N4O4/c22-13-2-1-12(7-14(13)23)16-18(9-24,10-25)20(11-26)15-8-19(28-5-6-29-19)3-4-21(15,30-16)31-17(20)27/h1-2,7,15-16,27H,3-6,8H2. The van der Waals surface area contributed by atoms with E-state index in [0.717, 1.165) is 0 Å². The second-order valence-corrected chi connectivity index (χ2v) is 9.04. The average molecular weight is 459 g/mol. The Morgan fingerprint density at radius 1 is 1.00 bits per heavy atom. The molecular weight excluding hydrogens is 443 g/mol. The van der Waals surface area contributed by atoms with Crippen molar-refractivity contribution in [1.29, 1.82) is 21.2 Å². The van der Waals surface area contributed by atoms with Crippen LogP contribution in [0.4, 0.5) is 0 Å². The zero-order valence-electron chi connectivity index (χ0n) is 16.2. The van der Waals surface area contributed by atoms with Crippen molar-refractivity contribution < 1.29 is 18.9 Å². The van der Waals surface area contributed by atoms with E-state index in [0.29, 0.717) is 30.2 Å². The maximum atomic E-state index is 10.4. The number of hydrogen-bond acceptors (Lipinski definition) is 8. The largest absolute Gasteiger partial charge is 0.447 e. The number of halogens is 2. The second kappa shape index (κ2) is 6.56. The van der Waals surface area contributed by atoms with Crippen LogP contribution < -0.4 is 0 Å². The number of nitriles is 3. The molecule has 4 aliphatic rings. The summed E-state index contributed by atoms with van der Waals surface area (Å²) in [6.45, 7) is 0.817. The smallest absolute Gasteiger partial charge is 0.218 e. The van der Waals surface area contributed by atoms with Crippen molar-refractivity contribution in [2.75, 3.05) is 13.2 Å². The molecule has 0 amide bonds. The summed E-state index contributed by atoms with van der Waals surface area (Å²) in [6, 6.07) is 10.8. The van der Waals surface area contributed by atoms with Gasteiger partial charge in [-0.3, -0.25) is 5.41 Å². The Hall–Kier alpha value is -2.38. The number of hydrogen-bond donors (Lipinski definition) is 1. The number of ether oxygens (including phenoxy) is 4. The van der Waals surface area contributed by atoms with Crippen LogP contribution >= 0.6 is 23.2 Å². The van der Waals surface area contributed by atoms with Crippen LogP contribution in [0, 0.1) is 56.2 Å². The van der Waals surface area contributed by atoms with Gasteiger partial charge in [0.05, 0.1) is 47.4 Å². The maximum absolute atomic E-state index is 10.4. The molecule has 3 heterocycles. The Kier molecular flexibility index (Phi) is 4.34. The van der Waals surface area contributed by atoms with Crippen LogP contribution in [0.2, 0.25) is 10.0 Å². The van der Waals surface area contributed by atoms with E-state index in [-0.39, 0.29) is 17.9 Å². The molecule has 158 valence electrons. The maximum Gasteiger partial charge on any atom is 0.218 e. The molecule has 1 N–H and O–H groups in total. The van der Waals surface area contributed by atoms with Gasteiger partial charge in [-0.05, 0) is 17.7 Å². The van der Waals surface area contributed by atoms with Gasteiger partial charge in [0.1, 0.15) is 6.10 Å². The molecule has 31 heavy (non-hydrogen) atoms. The summed E-state index contributed by atoms with van der Waals surface area (Å²) in [5.74, 6) is -3.55. The minimum absolute atomic E-state index is 0.169. The highest BCUT2D eigenvalue weighted by molar-refractivity contribution is 6.42. The SMILES string of the molecule is N#CC1(C#N)C(c2ccc(Cl)c(Cl)c2)OC23CCC4(CC2C1(C#N)C(=N)O3)OCCO4. The van der Waals surface area contributed by atoms with Crippen molar-refractivity contribution in [2.24, 2.45) is 16.7 Å². The van der Waals surface area contributed by atoms with E-state index in [4.69, 9.17) is 47.6 Å². The zero-order chi connectivity index (χ0) is 22.1. The van der Waals surface area contributed by atoms with Crippen LogP contribution in [0.25, 0.3) is 0 Å². The summed E-state index contributed by atoms with van der Waals surface area (Å²) in [4.78, 5) is 0. The van der Waals surface area contributed by atoms with E-state index >= 15 is 0 Å². The van der Waals surface area contributed by atoms with E-state index in [1.54, 1.807) is 6.07 Å². The summed E-state index contributed by atoms with van der Waals surface area (Å²) >= 11 is 12.2. The molecule has 4 atom stereocenters. The first-order chi connectivity index (χ1) is 14.8. The van der Waals surface area contributed by atoms with Crippen molar-refractivity contribution in [3.05, 3.63) is 33.8 Å². The zero-order valence-corrected chi connectivity index (χ0v) is 17.7. The fraction of sp³-hybridized carbons (Fsp3) is 0.524. The number of nitrogens with one attached hydrogen (secondary N) is 1. The van der Waals surface area contributed by atoms with Crippen molar-refractivity contribution in [2.45, 2.75) is 36.9 Å². The predicted octanol–water partition coefficient (Wildman–Crippen LogP) is 3.86. The molecule has 4 unspecified atom stereocenters. The molecule has 4 fully saturated rings. The molecular formula is C21H16Cl2N4O4. The molecule has 3 aliphatic heterocycles. The highest BCUT2D eigenvalue weighted by Gasteiger charge is 2.82. The average Bonchev–Trinajstić information content (AvgIpc) is 3.30. The third-order valence-electron chi connectivity index (χ3n) is 6.98. The summed E-state index contributed by atoms with van der Waals surface area (Å²) in [5, 5.41) is 40.1. The van der Waals surface area contributed by atoms with Crippen LogP contribution in [-0.4, -0.2) is 30.7 Å².